The van der Waals surface area contributed by atoms with Gasteiger partial charge < -0.3 is 21.8 Å². The van der Waals surface area contributed by atoms with Gasteiger partial charge in [0, 0.05) is 37.0 Å². The first-order valence-electron chi connectivity index (χ1n) is 10.4. The number of nitrogen functional groups attached to an aromatic ring is 1. The van der Waals surface area contributed by atoms with E-state index in [1.54, 1.807) is 60.7 Å². The van der Waals surface area contributed by atoms with Crippen LogP contribution >= 0.6 is 0 Å². The minimum Gasteiger partial charge on any atom is -0.397 e. The number of benzene rings is 2. The summed E-state index contributed by atoms with van der Waals surface area (Å²) in [5.41, 5.74) is 9.71. The van der Waals surface area contributed by atoms with Crippen LogP contribution in [0, 0.1) is 5.41 Å². The summed E-state index contributed by atoms with van der Waals surface area (Å²) in [7, 11) is 0. The van der Waals surface area contributed by atoms with Gasteiger partial charge in [0.05, 0.1) is 22.6 Å². The van der Waals surface area contributed by atoms with Crippen molar-refractivity contribution in [3.8, 4) is 22.4 Å². The molecule has 2 heterocycles. The molecule has 0 spiro atoms. The maximum absolute atomic E-state index is 13.8. The summed E-state index contributed by atoms with van der Waals surface area (Å²) in [6.07, 6.45) is 1.02. The number of hydrogen-bond donors (Lipinski definition) is 4. The fraction of sp³-hybridized carbons (Fsp3) is 0.0800. The Bertz CT molecular complexity index is 1490. The minimum absolute atomic E-state index is 0.188. The standard InChI is InChI=1S/C25H22N6O3/c1-14(32)28-18-7-3-16(4-8-18)23-24(17-5-9-19(10-6-17)29-15(2)33)30-22-12-11-20(27)21(13-26)31(22)25(23)34/h3-13,26H,27H2,1-2H3,(H,28,32)(H,29,33). The number of nitrogens with one attached hydrogen (secondary N) is 3. The van der Waals surface area contributed by atoms with E-state index in [2.05, 4.69) is 10.6 Å². The molecular formula is C25H22N6O3. The van der Waals surface area contributed by atoms with Crippen molar-refractivity contribution < 1.29 is 9.59 Å². The number of amides is 2. The van der Waals surface area contributed by atoms with E-state index < -0.39 is 0 Å². The molecular weight excluding hydrogens is 432 g/mol. The summed E-state index contributed by atoms with van der Waals surface area (Å²) in [6.45, 7) is 2.84. The van der Waals surface area contributed by atoms with Gasteiger partial charge in [-0.2, -0.15) is 0 Å². The monoisotopic (exact) mass is 454 g/mol. The van der Waals surface area contributed by atoms with Crippen molar-refractivity contribution in [3.63, 3.8) is 0 Å². The van der Waals surface area contributed by atoms with Crippen molar-refractivity contribution in [1.82, 2.24) is 9.38 Å². The Morgan fingerprint density at radius 1 is 0.882 bits per heavy atom. The van der Waals surface area contributed by atoms with Crippen molar-refractivity contribution in [2.75, 3.05) is 16.4 Å². The minimum atomic E-state index is -0.385. The van der Waals surface area contributed by atoms with Gasteiger partial charge in [-0.3, -0.25) is 18.8 Å². The average molecular weight is 454 g/mol. The molecule has 2 aromatic heterocycles. The molecule has 0 saturated carbocycles. The normalized spacial score (nSPS) is 10.6. The van der Waals surface area contributed by atoms with Gasteiger partial charge in [-0.15, -0.1) is 0 Å². The third-order valence-corrected chi connectivity index (χ3v) is 5.17. The molecule has 0 aliphatic rings. The molecule has 4 aromatic rings. The molecule has 0 fully saturated rings. The highest BCUT2D eigenvalue weighted by Gasteiger charge is 2.19. The number of nitrogens with two attached hydrogens (primary N) is 1. The number of nitrogens with zero attached hydrogens (tertiary/aromatic N) is 2. The van der Waals surface area contributed by atoms with Gasteiger partial charge in [-0.25, -0.2) is 4.98 Å². The highest BCUT2D eigenvalue weighted by atomic mass is 16.2. The Hall–Kier alpha value is -4.79. The SMILES string of the molecule is CC(=O)Nc1ccc(-c2nc3ccc(N)c(C=N)n3c(=O)c2-c2ccc(NC(C)=O)cc2)cc1. The van der Waals surface area contributed by atoms with Gasteiger partial charge in [0.2, 0.25) is 11.8 Å². The predicted molar refractivity (Wildman–Crippen MR) is 133 cm³/mol. The van der Waals surface area contributed by atoms with Gasteiger partial charge in [0.1, 0.15) is 5.65 Å². The maximum Gasteiger partial charge on any atom is 0.266 e. The molecule has 5 N–H and O–H groups in total. The summed E-state index contributed by atoms with van der Waals surface area (Å²) < 4.78 is 1.31. The van der Waals surface area contributed by atoms with Gasteiger partial charge in [-0.1, -0.05) is 24.3 Å². The molecule has 2 amide bonds. The van der Waals surface area contributed by atoms with Crippen LogP contribution in [0.5, 0.6) is 0 Å². The van der Waals surface area contributed by atoms with Crippen LogP contribution < -0.4 is 21.9 Å². The Kier molecular flexibility index (Phi) is 5.92. The highest BCUT2D eigenvalue weighted by molar-refractivity contribution is 5.91. The van der Waals surface area contributed by atoms with Crippen LogP contribution in [0.15, 0.2) is 65.5 Å². The lowest BCUT2D eigenvalue weighted by atomic mass is 9.99. The molecule has 2 aromatic carbocycles. The van der Waals surface area contributed by atoms with Gasteiger partial charge >= 0.3 is 0 Å². The van der Waals surface area contributed by atoms with Crippen molar-refractivity contribution in [2.45, 2.75) is 13.8 Å². The van der Waals surface area contributed by atoms with Crippen molar-refractivity contribution in [3.05, 3.63) is 76.7 Å². The fourth-order valence-electron chi connectivity index (χ4n) is 3.72. The zero-order valence-electron chi connectivity index (χ0n) is 18.5. The average Bonchev–Trinajstić information content (AvgIpc) is 2.80. The van der Waals surface area contributed by atoms with Crippen LogP contribution in [0.4, 0.5) is 17.1 Å². The number of anilines is 3. The first-order chi connectivity index (χ1) is 16.3. The van der Waals surface area contributed by atoms with E-state index in [1.807, 2.05) is 0 Å². The predicted octanol–water partition coefficient (Wildman–Crippen LogP) is 3.53. The molecule has 0 aliphatic heterocycles. The Labute approximate surface area is 194 Å². The van der Waals surface area contributed by atoms with Crippen LogP contribution in [0.25, 0.3) is 28.0 Å². The van der Waals surface area contributed by atoms with Gasteiger partial charge in [0.15, 0.2) is 0 Å². The van der Waals surface area contributed by atoms with Gasteiger partial charge in [-0.05, 0) is 42.0 Å². The van der Waals surface area contributed by atoms with E-state index >= 15 is 0 Å². The number of fused-ring (bicyclic) bond motifs is 1. The van der Waals surface area contributed by atoms with E-state index in [1.165, 1.54) is 18.2 Å². The number of aromatic nitrogens is 2. The first-order valence-corrected chi connectivity index (χ1v) is 10.4. The molecule has 0 bridgehead atoms. The second kappa shape index (κ2) is 8.99. The molecule has 9 nitrogen and oxygen atoms in total. The third-order valence-electron chi connectivity index (χ3n) is 5.17. The molecule has 9 heteroatoms. The Morgan fingerprint density at radius 3 is 1.91 bits per heavy atom. The smallest absolute Gasteiger partial charge is 0.266 e. The second-order valence-corrected chi connectivity index (χ2v) is 7.67. The molecule has 0 unspecified atom stereocenters. The molecule has 0 aliphatic carbocycles. The van der Waals surface area contributed by atoms with Crippen LogP contribution in [-0.4, -0.2) is 27.4 Å². The largest absolute Gasteiger partial charge is 0.397 e. The number of carbonyl (C=O) groups is 2. The van der Waals surface area contributed by atoms with Crippen molar-refractivity contribution in [1.29, 1.82) is 5.41 Å². The number of hydrogen-bond acceptors (Lipinski definition) is 6. The van der Waals surface area contributed by atoms with Crippen molar-refractivity contribution in [2.24, 2.45) is 0 Å². The summed E-state index contributed by atoms with van der Waals surface area (Å²) in [5.74, 6) is -0.391. The lowest BCUT2D eigenvalue weighted by Crippen LogP contribution is -2.22. The summed E-state index contributed by atoms with van der Waals surface area (Å²) in [6, 6.07) is 17.1. The van der Waals surface area contributed by atoms with Crippen LogP contribution in [0.2, 0.25) is 0 Å². The lowest BCUT2D eigenvalue weighted by molar-refractivity contribution is -0.115. The number of carbonyl (C=O) groups excluding carboxylic acids is 2. The summed E-state index contributed by atoms with van der Waals surface area (Å²) in [4.78, 5) is 41.2. The maximum atomic E-state index is 13.8. The fourth-order valence-corrected chi connectivity index (χ4v) is 3.72. The van der Waals surface area contributed by atoms with E-state index in [9.17, 15) is 14.4 Å². The second-order valence-electron chi connectivity index (χ2n) is 7.67. The highest BCUT2D eigenvalue weighted by Crippen LogP contribution is 2.30. The number of rotatable bonds is 5. The first kappa shape index (κ1) is 22.4. The summed E-state index contributed by atoms with van der Waals surface area (Å²) >= 11 is 0. The zero-order chi connectivity index (χ0) is 24.4. The van der Waals surface area contributed by atoms with E-state index in [-0.39, 0.29) is 28.8 Å². The van der Waals surface area contributed by atoms with E-state index in [0.717, 1.165) is 6.21 Å². The Balaban J connectivity index is 1.98. The molecule has 34 heavy (non-hydrogen) atoms. The molecule has 4 rings (SSSR count). The molecule has 170 valence electrons. The quantitative estimate of drug-likeness (QED) is 0.341. The molecule has 0 atom stereocenters. The van der Waals surface area contributed by atoms with Crippen molar-refractivity contribution >= 4 is 40.7 Å². The summed E-state index contributed by atoms with van der Waals surface area (Å²) in [5, 5.41) is 13.2. The molecule has 0 radical (unpaired) electrons. The van der Waals surface area contributed by atoms with Crippen LogP contribution in [0.1, 0.15) is 19.5 Å². The van der Waals surface area contributed by atoms with E-state index in [4.69, 9.17) is 16.1 Å². The Morgan fingerprint density at radius 2 is 1.41 bits per heavy atom. The topological polar surface area (TPSA) is 142 Å². The third kappa shape index (κ3) is 4.26. The zero-order valence-corrected chi connectivity index (χ0v) is 18.5. The molecule has 0 saturated heterocycles. The van der Waals surface area contributed by atoms with Crippen LogP contribution in [0.3, 0.4) is 0 Å². The van der Waals surface area contributed by atoms with Crippen LogP contribution in [-0.2, 0) is 9.59 Å². The van der Waals surface area contributed by atoms with Gasteiger partial charge in [0.25, 0.3) is 5.56 Å². The number of pyridine rings is 1. The lowest BCUT2D eigenvalue weighted by Gasteiger charge is -2.15. The van der Waals surface area contributed by atoms with E-state index in [0.29, 0.717) is 39.4 Å².